The molecule has 0 saturated carbocycles. The molecule has 2 aliphatic heterocycles. The third kappa shape index (κ3) is 7.41. The number of hydrogen-bond acceptors (Lipinski definition) is 12. The number of fused-ring (bicyclic) bond motifs is 2. The Morgan fingerprint density at radius 1 is 0.545 bits per heavy atom. The normalized spacial score (nSPS) is 14.7. The highest BCUT2D eigenvalue weighted by atomic mass is 32.2. The second-order valence-corrected chi connectivity index (χ2v) is 14.2. The van der Waals surface area contributed by atoms with Gasteiger partial charge in [-0.3, -0.25) is 9.59 Å². The summed E-state index contributed by atoms with van der Waals surface area (Å²) in [5.41, 5.74) is -1.89. The SMILES string of the molecule is CCCC(CC)C(=O)Oc1c2c(c(OC(=O)C(CC)CCC)c3c1SC(=C(C(=O)O)C(=O)O)S3)SC(=C(C(=O)O)C(=O)O)S2. The number of benzene rings is 1. The Balaban J connectivity index is 2.37. The van der Waals surface area contributed by atoms with E-state index in [1.807, 2.05) is 13.8 Å². The molecule has 1 aromatic carbocycles. The van der Waals surface area contributed by atoms with Gasteiger partial charge in [-0.15, -0.1) is 0 Å². The highest BCUT2D eigenvalue weighted by molar-refractivity contribution is 8.26. The van der Waals surface area contributed by atoms with E-state index in [2.05, 4.69) is 0 Å². The number of rotatable bonds is 14. The second kappa shape index (κ2) is 15.3. The minimum atomic E-state index is -1.71. The van der Waals surface area contributed by atoms with Crippen LogP contribution >= 0.6 is 47.0 Å². The fourth-order valence-electron chi connectivity index (χ4n) is 4.37. The van der Waals surface area contributed by atoms with E-state index in [4.69, 9.17) is 9.47 Å². The molecule has 12 nitrogen and oxygen atoms in total. The van der Waals surface area contributed by atoms with E-state index in [0.717, 1.165) is 0 Å². The number of thioether (sulfide) groups is 4. The minimum absolute atomic E-state index is 0.0938. The molecule has 2 aliphatic rings. The predicted molar refractivity (Wildman–Crippen MR) is 163 cm³/mol. The maximum Gasteiger partial charge on any atom is 0.344 e. The van der Waals surface area contributed by atoms with Crippen LogP contribution in [0.2, 0.25) is 0 Å². The molecular formula is C28H30O12S4. The monoisotopic (exact) mass is 686 g/mol. The van der Waals surface area contributed by atoms with E-state index in [-0.39, 0.29) is 39.6 Å². The summed E-state index contributed by atoms with van der Waals surface area (Å²) in [6, 6.07) is 0. The number of carbonyl (C=O) groups excluding carboxylic acids is 2. The van der Waals surface area contributed by atoms with E-state index in [1.54, 1.807) is 13.8 Å². The van der Waals surface area contributed by atoms with Gasteiger partial charge in [0, 0.05) is 0 Å². The summed E-state index contributed by atoms with van der Waals surface area (Å²) >= 11 is 2.79. The van der Waals surface area contributed by atoms with Crippen LogP contribution in [0.1, 0.15) is 66.2 Å². The van der Waals surface area contributed by atoms with Crippen molar-refractivity contribution < 1.29 is 58.7 Å². The molecule has 4 N–H and O–H groups in total. The number of carbonyl (C=O) groups is 6. The fraction of sp³-hybridized carbons (Fsp3) is 0.429. The lowest BCUT2D eigenvalue weighted by molar-refractivity contribution is -0.142. The van der Waals surface area contributed by atoms with Crippen LogP contribution in [0.4, 0.5) is 0 Å². The molecule has 0 amide bonds. The number of ether oxygens (including phenoxy) is 2. The summed E-state index contributed by atoms with van der Waals surface area (Å²) < 4.78 is 11.4. The summed E-state index contributed by atoms with van der Waals surface area (Å²) in [6.45, 7) is 7.38. The number of aliphatic carboxylic acids is 4. The number of carboxylic acids is 4. The van der Waals surface area contributed by atoms with Gasteiger partial charge in [-0.2, -0.15) is 0 Å². The van der Waals surface area contributed by atoms with Crippen LogP contribution in [0.15, 0.2) is 39.2 Å². The van der Waals surface area contributed by atoms with E-state index in [0.29, 0.717) is 85.6 Å². The molecular weight excluding hydrogens is 657 g/mol. The quantitative estimate of drug-likeness (QED) is 0.0557. The Labute approximate surface area is 269 Å². The Bertz CT molecular complexity index is 1300. The van der Waals surface area contributed by atoms with Gasteiger partial charge in [-0.1, -0.05) is 87.6 Å². The second-order valence-electron chi connectivity index (χ2n) is 9.56. The standard InChI is InChI=1S/C28H30O12S4/c1-5-9-11(7-3)25(37)39-15-17-19(43-27(41-17)13(21(29)30)22(31)32)16(40-26(38)12(8-4)10-6-2)20-18(15)42-28(44-20)14(23(33)34)24(35)36/h11-12H,5-10H2,1-4H3,(H,29,30)(H,31,32)(H,33,34)(H,35,36). The summed E-state index contributed by atoms with van der Waals surface area (Å²) in [7, 11) is 0. The van der Waals surface area contributed by atoms with Crippen molar-refractivity contribution in [2.45, 2.75) is 85.8 Å². The van der Waals surface area contributed by atoms with Crippen molar-refractivity contribution >= 4 is 82.9 Å². The molecule has 0 aliphatic carbocycles. The summed E-state index contributed by atoms with van der Waals surface area (Å²) in [4.78, 5) is 74.6. The number of carboxylic acid groups (broad SMARTS) is 4. The van der Waals surface area contributed by atoms with Crippen LogP contribution in [-0.4, -0.2) is 56.2 Å². The van der Waals surface area contributed by atoms with Crippen LogP contribution in [0.3, 0.4) is 0 Å². The van der Waals surface area contributed by atoms with Crippen molar-refractivity contribution in [3.63, 3.8) is 0 Å². The van der Waals surface area contributed by atoms with Crippen LogP contribution in [0, 0.1) is 11.8 Å². The zero-order chi connectivity index (χ0) is 32.9. The Kier molecular flexibility index (Phi) is 12.3. The fourth-order valence-corrected chi connectivity index (χ4v) is 9.86. The highest BCUT2D eigenvalue weighted by Crippen LogP contribution is 2.68. The van der Waals surface area contributed by atoms with Gasteiger partial charge < -0.3 is 29.9 Å². The van der Waals surface area contributed by atoms with Crippen molar-refractivity contribution in [3.05, 3.63) is 19.6 Å². The first-order valence-electron chi connectivity index (χ1n) is 13.6. The lowest BCUT2D eigenvalue weighted by atomic mass is 10.0. The Hall–Kier alpha value is -3.08. The summed E-state index contributed by atoms with van der Waals surface area (Å²) in [5, 5.41) is 38.6. The smallest absolute Gasteiger partial charge is 0.344 e. The average molecular weight is 687 g/mol. The first-order valence-corrected chi connectivity index (χ1v) is 16.9. The topological polar surface area (TPSA) is 202 Å². The van der Waals surface area contributed by atoms with Crippen molar-refractivity contribution in [3.8, 4) is 11.5 Å². The van der Waals surface area contributed by atoms with Gasteiger partial charge in [0.1, 0.15) is 0 Å². The molecule has 0 saturated heterocycles. The molecule has 16 heteroatoms. The Morgan fingerprint density at radius 3 is 1.02 bits per heavy atom. The maximum atomic E-state index is 13.3. The highest BCUT2D eigenvalue weighted by Gasteiger charge is 2.42. The molecule has 2 unspecified atom stereocenters. The molecule has 2 atom stereocenters. The third-order valence-corrected chi connectivity index (χ3v) is 11.8. The van der Waals surface area contributed by atoms with Crippen molar-refractivity contribution in [2.24, 2.45) is 11.8 Å². The molecule has 238 valence electrons. The van der Waals surface area contributed by atoms with Crippen LogP contribution in [-0.2, 0) is 28.8 Å². The Morgan fingerprint density at radius 2 is 0.818 bits per heavy atom. The summed E-state index contributed by atoms with van der Waals surface area (Å²) in [6.07, 6.45) is 3.21. The molecule has 0 aromatic heterocycles. The number of hydrogen-bond donors (Lipinski definition) is 4. The van der Waals surface area contributed by atoms with Gasteiger partial charge >= 0.3 is 35.8 Å². The van der Waals surface area contributed by atoms with Gasteiger partial charge in [-0.25, -0.2) is 19.2 Å². The van der Waals surface area contributed by atoms with Gasteiger partial charge in [-0.05, 0) is 25.7 Å². The molecule has 0 bridgehead atoms. The van der Waals surface area contributed by atoms with E-state index < -0.39 is 58.8 Å². The van der Waals surface area contributed by atoms with E-state index in [1.165, 1.54) is 0 Å². The molecule has 2 heterocycles. The van der Waals surface area contributed by atoms with Gasteiger partial charge in [0.15, 0.2) is 22.6 Å². The first-order chi connectivity index (χ1) is 20.8. The molecule has 0 spiro atoms. The zero-order valence-corrected chi connectivity index (χ0v) is 27.4. The van der Waals surface area contributed by atoms with E-state index in [9.17, 15) is 49.2 Å². The lowest BCUT2D eigenvalue weighted by Gasteiger charge is -2.20. The van der Waals surface area contributed by atoms with Gasteiger partial charge in [0.05, 0.1) is 39.9 Å². The minimum Gasteiger partial charge on any atom is -0.477 e. The molecule has 0 radical (unpaired) electrons. The zero-order valence-electron chi connectivity index (χ0n) is 24.1. The van der Waals surface area contributed by atoms with E-state index >= 15 is 0 Å². The molecule has 0 fully saturated rings. The van der Waals surface area contributed by atoms with Crippen LogP contribution in [0.25, 0.3) is 0 Å². The van der Waals surface area contributed by atoms with Crippen molar-refractivity contribution in [1.29, 1.82) is 0 Å². The van der Waals surface area contributed by atoms with Crippen molar-refractivity contribution in [1.82, 2.24) is 0 Å². The largest absolute Gasteiger partial charge is 0.477 e. The third-order valence-electron chi connectivity index (χ3n) is 6.61. The van der Waals surface area contributed by atoms with Gasteiger partial charge in [0.2, 0.25) is 0 Å². The first kappa shape index (κ1) is 35.4. The maximum absolute atomic E-state index is 13.3. The molecule has 3 rings (SSSR count). The predicted octanol–water partition coefficient (Wildman–Crippen LogP) is 6.31. The van der Waals surface area contributed by atoms with Gasteiger partial charge in [0.25, 0.3) is 0 Å². The summed E-state index contributed by atoms with van der Waals surface area (Å²) in [5.74, 6) is -9.40. The average Bonchev–Trinajstić information content (AvgIpc) is 3.56. The molecule has 1 aromatic rings. The van der Waals surface area contributed by atoms with Crippen molar-refractivity contribution in [2.75, 3.05) is 0 Å². The molecule has 44 heavy (non-hydrogen) atoms. The van der Waals surface area contributed by atoms with Crippen LogP contribution < -0.4 is 9.47 Å². The number of esters is 2. The lowest BCUT2D eigenvalue weighted by Crippen LogP contribution is -2.21. The van der Waals surface area contributed by atoms with Crippen LogP contribution in [0.5, 0.6) is 11.5 Å².